The van der Waals surface area contributed by atoms with E-state index in [2.05, 4.69) is 10.2 Å². The van der Waals surface area contributed by atoms with Crippen molar-refractivity contribution in [2.75, 3.05) is 0 Å². The van der Waals surface area contributed by atoms with Gasteiger partial charge in [0.2, 0.25) is 0 Å². The fourth-order valence-corrected chi connectivity index (χ4v) is 4.82. The fourth-order valence-electron chi connectivity index (χ4n) is 2.78. The standard InChI is InChI=1S/C17H14N2O9S3/c1-10-4-2-3-5-15(10)19-18-11-6-13-14(16(7-11)30(23,24)25)8-12(29(20,21)22)9-17(13)31(26,27)28/h2-9H,1H3,(H,20,21,22)(H,23,24,25)(H,26,27,28). The fraction of sp³-hybridized carbons (Fsp3) is 0.0588. The summed E-state index contributed by atoms with van der Waals surface area (Å²) in [5.74, 6) is 0. The molecule has 0 aliphatic heterocycles. The van der Waals surface area contributed by atoms with Crippen molar-refractivity contribution < 1.29 is 38.9 Å². The minimum Gasteiger partial charge on any atom is -0.282 e. The summed E-state index contributed by atoms with van der Waals surface area (Å²) < 4.78 is 98.9. The Labute approximate surface area is 177 Å². The van der Waals surface area contributed by atoms with Gasteiger partial charge in [0.05, 0.1) is 16.3 Å². The molecule has 3 rings (SSSR count). The highest BCUT2D eigenvalue weighted by molar-refractivity contribution is 7.87. The maximum atomic E-state index is 11.9. The first-order valence-electron chi connectivity index (χ1n) is 8.19. The lowest BCUT2D eigenvalue weighted by atomic mass is 10.1. The van der Waals surface area contributed by atoms with Crippen molar-refractivity contribution in [2.24, 2.45) is 10.2 Å². The molecule has 3 N–H and O–H groups in total. The largest absolute Gasteiger partial charge is 0.295 e. The van der Waals surface area contributed by atoms with E-state index in [0.29, 0.717) is 17.8 Å². The highest BCUT2D eigenvalue weighted by atomic mass is 32.2. The molecule has 0 heterocycles. The van der Waals surface area contributed by atoms with Crippen molar-refractivity contribution in [3.63, 3.8) is 0 Å². The van der Waals surface area contributed by atoms with Gasteiger partial charge in [-0.05, 0) is 42.8 Å². The lowest BCUT2D eigenvalue weighted by molar-refractivity contribution is 0.478. The molecular formula is C17H14N2O9S3. The average Bonchev–Trinajstić information content (AvgIpc) is 2.63. The Kier molecular flexibility index (Phi) is 5.72. The number of hydrogen-bond acceptors (Lipinski definition) is 8. The van der Waals surface area contributed by atoms with Gasteiger partial charge >= 0.3 is 0 Å². The molecule has 0 atom stereocenters. The molecule has 0 spiro atoms. The van der Waals surface area contributed by atoms with E-state index < -0.39 is 55.8 Å². The van der Waals surface area contributed by atoms with Gasteiger partial charge in [-0.15, -0.1) is 0 Å². The number of rotatable bonds is 5. The van der Waals surface area contributed by atoms with Crippen LogP contribution in [0.4, 0.5) is 11.4 Å². The lowest BCUT2D eigenvalue weighted by Crippen LogP contribution is -2.07. The number of nitrogens with zero attached hydrogens (tertiary/aromatic N) is 2. The first-order chi connectivity index (χ1) is 14.2. The third-order valence-electron chi connectivity index (χ3n) is 4.19. The van der Waals surface area contributed by atoms with Crippen molar-refractivity contribution >= 4 is 52.5 Å². The van der Waals surface area contributed by atoms with Crippen LogP contribution in [-0.4, -0.2) is 38.9 Å². The Morgan fingerprint density at radius 1 is 0.677 bits per heavy atom. The van der Waals surface area contributed by atoms with Crippen LogP contribution in [0.1, 0.15) is 5.56 Å². The second-order valence-electron chi connectivity index (χ2n) is 6.37. The Morgan fingerprint density at radius 2 is 1.23 bits per heavy atom. The number of benzene rings is 3. The average molecular weight is 487 g/mol. The van der Waals surface area contributed by atoms with Gasteiger partial charge in [-0.25, -0.2) is 0 Å². The summed E-state index contributed by atoms with van der Waals surface area (Å²) in [7, 11) is -15.1. The minimum absolute atomic E-state index is 0.215. The first kappa shape index (κ1) is 22.9. The van der Waals surface area contributed by atoms with Gasteiger partial charge in [0.25, 0.3) is 30.4 Å². The zero-order chi connectivity index (χ0) is 23.2. The molecule has 0 saturated carbocycles. The molecule has 11 nitrogen and oxygen atoms in total. The zero-order valence-electron chi connectivity index (χ0n) is 15.5. The van der Waals surface area contributed by atoms with Crippen molar-refractivity contribution in [1.29, 1.82) is 0 Å². The van der Waals surface area contributed by atoms with Crippen LogP contribution in [0, 0.1) is 6.92 Å². The van der Waals surface area contributed by atoms with Gasteiger partial charge in [0, 0.05) is 10.8 Å². The van der Waals surface area contributed by atoms with Gasteiger partial charge in [-0.2, -0.15) is 35.5 Å². The van der Waals surface area contributed by atoms with Gasteiger partial charge in [-0.3, -0.25) is 13.7 Å². The van der Waals surface area contributed by atoms with Crippen LogP contribution in [0.25, 0.3) is 10.8 Å². The first-order valence-corrected chi connectivity index (χ1v) is 12.5. The topological polar surface area (TPSA) is 188 Å². The molecule has 0 unspecified atom stereocenters. The summed E-state index contributed by atoms with van der Waals surface area (Å²) in [5.41, 5.74) is 0.944. The van der Waals surface area contributed by atoms with Crippen molar-refractivity contribution in [2.45, 2.75) is 21.6 Å². The quantitative estimate of drug-likeness (QED) is 0.359. The second kappa shape index (κ2) is 7.74. The van der Waals surface area contributed by atoms with E-state index in [1.54, 1.807) is 31.2 Å². The summed E-state index contributed by atoms with van der Waals surface area (Å²) >= 11 is 0. The van der Waals surface area contributed by atoms with Crippen LogP contribution in [0.5, 0.6) is 0 Å². The molecule has 0 aromatic heterocycles. The van der Waals surface area contributed by atoms with Crippen LogP contribution in [0.3, 0.4) is 0 Å². The number of fused-ring (bicyclic) bond motifs is 1. The third kappa shape index (κ3) is 4.95. The Bertz CT molecular complexity index is 1560. The number of hydrogen-bond donors (Lipinski definition) is 3. The SMILES string of the molecule is Cc1ccccc1N=Nc1cc(S(=O)(=O)O)c2cc(S(=O)(=O)O)cc(S(=O)(=O)O)c2c1. The maximum Gasteiger partial charge on any atom is 0.295 e. The molecule has 3 aromatic carbocycles. The van der Waals surface area contributed by atoms with E-state index in [4.69, 9.17) is 0 Å². The maximum absolute atomic E-state index is 11.9. The highest BCUT2D eigenvalue weighted by Gasteiger charge is 2.25. The van der Waals surface area contributed by atoms with Crippen LogP contribution < -0.4 is 0 Å². The molecule has 0 radical (unpaired) electrons. The van der Waals surface area contributed by atoms with Crippen LogP contribution in [-0.2, 0) is 30.4 Å². The Hall–Kier alpha value is -2.75. The molecule has 0 saturated heterocycles. The van der Waals surface area contributed by atoms with Crippen molar-refractivity contribution in [3.8, 4) is 0 Å². The van der Waals surface area contributed by atoms with Gasteiger partial charge < -0.3 is 0 Å². The van der Waals surface area contributed by atoms with E-state index in [1.807, 2.05) is 0 Å². The Balaban J connectivity index is 2.43. The number of aryl methyl sites for hydroxylation is 1. The predicted molar refractivity (Wildman–Crippen MR) is 109 cm³/mol. The summed E-state index contributed by atoms with van der Waals surface area (Å²) in [6.07, 6.45) is 0. The van der Waals surface area contributed by atoms with Crippen molar-refractivity contribution in [3.05, 3.63) is 54.1 Å². The summed E-state index contributed by atoms with van der Waals surface area (Å²) in [6, 6.07) is 9.75. The second-order valence-corrected chi connectivity index (χ2v) is 10.6. The van der Waals surface area contributed by atoms with E-state index >= 15 is 0 Å². The van der Waals surface area contributed by atoms with Gasteiger partial charge in [0.1, 0.15) is 9.79 Å². The normalized spacial score (nSPS) is 13.2. The smallest absolute Gasteiger partial charge is 0.282 e. The Morgan fingerprint density at radius 3 is 1.77 bits per heavy atom. The van der Waals surface area contributed by atoms with E-state index in [1.165, 1.54) is 0 Å². The van der Waals surface area contributed by atoms with E-state index in [-0.39, 0.29) is 5.69 Å². The minimum atomic E-state index is -5.09. The predicted octanol–water partition coefficient (Wildman–Crippen LogP) is 3.30. The van der Waals surface area contributed by atoms with E-state index in [9.17, 15) is 38.9 Å². The molecule has 0 aliphatic carbocycles. The molecule has 0 amide bonds. The van der Waals surface area contributed by atoms with Crippen molar-refractivity contribution in [1.82, 2.24) is 0 Å². The molecule has 31 heavy (non-hydrogen) atoms. The van der Waals surface area contributed by atoms with E-state index in [0.717, 1.165) is 17.7 Å². The molecular weight excluding hydrogens is 472 g/mol. The molecule has 14 heteroatoms. The van der Waals surface area contributed by atoms with Gasteiger partial charge in [0.15, 0.2) is 0 Å². The van der Waals surface area contributed by atoms with Crippen LogP contribution in [0.2, 0.25) is 0 Å². The monoisotopic (exact) mass is 486 g/mol. The third-order valence-corrected chi connectivity index (χ3v) is 6.81. The molecule has 0 bridgehead atoms. The highest BCUT2D eigenvalue weighted by Crippen LogP contribution is 2.36. The van der Waals surface area contributed by atoms with Crippen LogP contribution in [0.15, 0.2) is 73.4 Å². The summed E-state index contributed by atoms with van der Waals surface area (Å²) in [4.78, 5) is -2.93. The summed E-state index contributed by atoms with van der Waals surface area (Å²) in [6.45, 7) is 1.74. The molecule has 164 valence electrons. The lowest BCUT2D eigenvalue weighted by Gasteiger charge is -2.11. The summed E-state index contributed by atoms with van der Waals surface area (Å²) in [5, 5.41) is 6.76. The molecule has 0 fully saturated rings. The zero-order valence-corrected chi connectivity index (χ0v) is 18.0. The molecule has 3 aromatic rings. The van der Waals surface area contributed by atoms with Gasteiger partial charge in [-0.1, -0.05) is 18.2 Å². The van der Waals surface area contributed by atoms with Crippen LogP contribution >= 0.6 is 0 Å². The number of azo groups is 1. The molecule has 0 aliphatic rings.